The molecule has 0 heterocycles. The number of allylic oxidation sites excluding steroid dienone is 22. The average molecular weight is 1080 g/mol. The topological polar surface area (TPSA) is 111 Å². The maximum Gasteiger partial charge on any atom is 0.306 e. The summed E-state index contributed by atoms with van der Waals surface area (Å²) >= 11 is 0. The number of hydrogen-bond donors (Lipinski definition) is 0. The maximum absolute atomic E-state index is 12.8. The van der Waals surface area contributed by atoms with E-state index in [4.69, 9.17) is 18.5 Å². The summed E-state index contributed by atoms with van der Waals surface area (Å²) in [5, 5.41) is 0. The Bertz CT molecular complexity index is 1740. The molecule has 10 heteroatoms. The SMILES string of the molecule is CC/C=C\C/C=C\C/C=C\C/C=C\C/C=C\C/C=C\C/C=C\C/C=C\C/C=C\C/C=C\C/C=C\CCCCCCCCCC(=O)OC(COC(=O)CCCCCCCCCCCCC)COP(=O)([O-])OCC[N+](C)(C)C. The summed E-state index contributed by atoms with van der Waals surface area (Å²) in [7, 11) is 1.14. The zero-order chi connectivity index (χ0) is 55.6. The number of quaternary nitrogens is 1. The highest BCUT2D eigenvalue weighted by Gasteiger charge is 2.21. The smallest absolute Gasteiger partial charge is 0.306 e. The molecule has 0 aliphatic rings. The van der Waals surface area contributed by atoms with E-state index in [2.05, 4.69) is 148 Å². The second-order valence-electron chi connectivity index (χ2n) is 20.6. The molecule has 0 fully saturated rings. The first kappa shape index (κ1) is 72.2. The van der Waals surface area contributed by atoms with Crippen LogP contribution in [0.15, 0.2) is 134 Å². The van der Waals surface area contributed by atoms with Gasteiger partial charge in [-0.15, -0.1) is 0 Å². The quantitative estimate of drug-likeness (QED) is 0.0195. The maximum atomic E-state index is 12.8. The van der Waals surface area contributed by atoms with Crippen molar-refractivity contribution in [1.82, 2.24) is 0 Å². The van der Waals surface area contributed by atoms with Gasteiger partial charge in [0.2, 0.25) is 0 Å². The monoisotopic (exact) mass is 1080 g/mol. The van der Waals surface area contributed by atoms with Crippen LogP contribution in [0.1, 0.15) is 219 Å². The van der Waals surface area contributed by atoms with Gasteiger partial charge in [0.1, 0.15) is 19.8 Å². The van der Waals surface area contributed by atoms with Crippen LogP contribution in [-0.2, 0) is 32.7 Å². The summed E-state index contributed by atoms with van der Waals surface area (Å²) < 4.78 is 34.0. The van der Waals surface area contributed by atoms with E-state index in [0.717, 1.165) is 122 Å². The number of phosphoric ester groups is 1. The van der Waals surface area contributed by atoms with Gasteiger partial charge in [0.15, 0.2) is 6.10 Å². The number of phosphoric acid groups is 1. The van der Waals surface area contributed by atoms with Crippen LogP contribution in [-0.4, -0.2) is 70.0 Å². The van der Waals surface area contributed by atoms with Gasteiger partial charge in [-0.2, -0.15) is 0 Å². The molecule has 0 saturated carbocycles. The van der Waals surface area contributed by atoms with Crippen LogP contribution in [0, 0.1) is 0 Å². The Hall–Kier alpha value is -3.85. The van der Waals surface area contributed by atoms with Crippen molar-refractivity contribution in [2.24, 2.45) is 0 Å². The van der Waals surface area contributed by atoms with Crippen molar-refractivity contribution in [3.05, 3.63) is 134 Å². The third kappa shape index (κ3) is 59.4. The average Bonchev–Trinajstić information content (AvgIpc) is 3.38. The molecule has 432 valence electrons. The molecule has 0 spiro atoms. The number of nitrogens with zero attached hydrogens (tertiary/aromatic N) is 1. The van der Waals surface area contributed by atoms with E-state index in [1.807, 2.05) is 21.1 Å². The van der Waals surface area contributed by atoms with Crippen molar-refractivity contribution >= 4 is 19.8 Å². The van der Waals surface area contributed by atoms with Crippen molar-refractivity contribution in [3.8, 4) is 0 Å². The minimum atomic E-state index is -4.64. The van der Waals surface area contributed by atoms with Crippen molar-refractivity contribution in [3.63, 3.8) is 0 Å². The Morgan fingerprint density at radius 3 is 1.12 bits per heavy atom. The number of rotatable bonds is 53. The van der Waals surface area contributed by atoms with Crippen molar-refractivity contribution in [2.45, 2.75) is 225 Å². The number of likely N-dealkylation sites (N-methyl/N-ethyl adjacent to an activating group) is 1. The molecule has 0 aromatic heterocycles. The molecule has 0 rings (SSSR count). The minimum Gasteiger partial charge on any atom is -0.756 e. The number of carbonyl (C=O) groups is 2. The molecule has 76 heavy (non-hydrogen) atoms. The molecule has 2 unspecified atom stereocenters. The van der Waals surface area contributed by atoms with Crippen LogP contribution in [0.5, 0.6) is 0 Å². The second-order valence-corrected chi connectivity index (χ2v) is 22.0. The molecule has 0 radical (unpaired) electrons. The Morgan fingerprint density at radius 1 is 0.421 bits per heavy atom. The molecule has 9 nitrogen and oxygen atoms in total. The molecule has 2 atom stereocenters. The molecule has 0 aromatic rings. The third-order valence-corrected chi connectivity index (χ3v) is 13.1. The van der Waals surface area contributed by atoms with Gasteiger partial charge < -0.3 is 27.9 Å². The Labute approximate surface area is 466 Å². The first-order valence-electron chi connectivity index (χ1n) is 29.9. The van der Waals surface area contributed by atoms with Crippen LogP contribution in [0.25, 0.3) is 0 Å². The van der Waals surface area contributed by atoms with E-state index in [1.54, 1.807) is 0 Å². The van der Waals surface area contributed by atoms with Gasteiger partial charge in [-0.25, -0.2) is 0 Å². The molecule has 0 bridgehead atoms. The lowest BCUT2D eigenvalue weighted by atomic mass is 10.1. The lowest BCUT2D eigenvalue weighted by Gasteiger charge is -2.28. The van der Waals surface area contributed by atoms with Crippen LogP contribution >= 0.6 is 7.82 Å². The van der Waals surface area contributed by atoms with E-state index in [0.29, 0.717) is 17.4 Å². The van der Waals surface area contributed by atoms with E-state index in [1.165, 1.54) is 64.2 Å². The van der Waals surface area contributed by atoms with E-state index < -0.39 is 32.5 Å². The Kier molecular flexibility index (Phi) is 53.1. The number of esters is 2. The van der Waals surface area contributed by atoms with Gasteiger partial charge in [-0.1, -0.05) is 244 Å². The first-order chi connectivity index (χ1) is 37.0. The largest absolute Gasteiger partial charge is 0.756 e. The summed E-state index contributed by atoms with van der Waals surface area (Å²) in [6.45, 7) is 4.08. The summed E-state index contributed by atoms with van der Waals surface area (Å²) in [6, 6.07) is 0. The van der Waals surface area contributed by atoms with Gasteiger partial charge in [0.25, 0.3) is 7.82 Å². The highest BCUT2D eigenvalue weighted by molar-refractivity contribution is 7.45. The van der Waals surface area contributed by atoms with Crippen molar-refractivity contribution in [2.75, 3.05) is 47.5 Å². The molecule has 0 amide bonds. The molecular weight excluding hydrogens is 966 g/mol. The van der Waals surface area contributed by atoms with E-state index in [-0.39, 0.29) is 26.1 Å². The van der Waals surface area contributed by atoms with Crippen molar-refractivity contribution in [1.29, 1.82) is 0 Å². The number of hydrogen-bond acceptors (Lipinski definition) is 8. The van der Waals surface area contributed by atoms with Crippen molar-refractivity contribution < 1.29 is 42.1 Å². The van der Waals surface area contributed by atoms with Crippen LogP contribution in [0.4, 0.5) is 0 Å². The lowest BCUT2D eigenvalue weighted by Crippen LogP contribution is -2.37. The van der Waals surface area contributed by atoms with Gasteiger partial charge in [-0.05, 0) is 96.3 Å². The highest BCUT2D eigenvalue weighted by atomic mass is 31.2. The first-order valence-corrected chi connectivity index (χ1v) is 31.4. The zero-order valence-electron chi connectivity index (χ0n) is 48.9. The molecule has 0 N–H and O–H groups in total. The number of carbonyl (C=O) groups excluding carboxylic acids is 2. The fraction of sp³-hybridized carbons (Fsp3) is 0.636. The predicted molar refractivity (Wildman–Crippen MR) is 323 cm³/mol. The minimum absolute atomic E-state index is 0.0382. The summed E-state index contributed by atoms with van der Waals surface area (Å²) in [4.78, 5) is 37.7. The van der Waals surface area contributed by atoms with Gasteiger partial charge in [0.05, 0.1) is 27.7 Å². The third-order valence-electron chi connectivity index (χ3n) is 12.2. The summed E-state index contributed by atoms with van der Waals surface area (Å²) in [5.41, 5.74) is 0. The summed E-state index contributed by atoms with van der Waals surface area (Å²) in [6.07, 6.45) is 80.9. The Balaban J connectivity index is 4.10. The second kappa shape index (κ2) is 55.9. The molecule has 0 aliphatic carbocycles. The normalized spacial score (nSPS) is 14.2. The van der Waals surface area contributed by atoms with E-state index >= 15 is 0 Å². The summed E-state index contributed by atoms with van der Waals surface area (Å²) in [5.74, 6) is -0.853. The predicted octanol–water partition coefficient (Wildman–Crippen LogP) is 18.3. The van der Waals surface area contributed by atoms with Gasteiger partial charge in [-0.3, -0.25) is 14.2 Å². The zero-order valence-corrected chi connectivity index (χ0v) is 49.8. The molecular formula is C66H110NO8P. The van der Waals surface area contributed by atoms with Crippen LogP contribution in [0.2, 0.25) is 0 Å². The Morgan fingerprint density at radius 2 is 0.750 bits per heavy atom. The highest BCUT2D eigenvalue weighted by Crippen LogP contribution is 2.38. The lowest BCUT2D eigenvalue weighted by molar-refractivity contribution is -0.870. The molecule has 0 aromatic carbocycles. The molecule has 0 aliphatic heterocycles. The van der Waals surface area contributed by atoms with Crippen LogP contribution in [0.3, 0.4) is 0 Å². The van der Waals surface area contributed by atoms with E-state index in [9.17, 15) is 19.0 Å². The standard InChI is InChI=1S/C66H110NO8P/c1-6-8-10-12-14-16-18-19-20-21-22-23-24-25-26-27-28-29-30-31-32-33-34-35-36-37-38-39-40-41-42-43-44-45-46-47-49-51-53-55-57-59-66(69)75-64(63-74-76(70,71)73-61-60-67(3,4)5)62-72-65(68)58-56-54-52-50-48-17-15-13-11-9-7-2/h8,10,14,16,19-20,22-23,25-26,28-29,31-32,34-35,37-38,40-41,43-44,64H,6-7,9,11-13,15,17-18,21,24,27,30,33,36,39,42,45-63H2,1-5H3/b10-8-,16-14-,20-19-,23-22-,26-25-,29-28-,32-31-,35-34-,38-37-,41-40-,44-43-. The fourth-order valence-corrected chi connectivity index (χ4v) is 8.33. The molecule has 0 saturated heterocycles. The number of unbranched alkanes of at least 4 members (excludes halogenated alkanes) is 17. The van der Waals surface area contributed by atoms with Crippen LogP contribution < -0.4 is 4.89 Å². The van der Waals surface area contributed by atoms with Gasteiger partial charge >= 0.3 is 11.9 Å². The fourth-order valence-electron chi connectivity index (χ4n) is 7.60. The van der Waals surface area contributed by atoms with Gasteiger partial charge in [0, 0.05) is 12.8 Å². The number of ether oxygens (including phenoxy) is 2.